The number of nitrogens with one attached hydrogen (secondary N) is 2. The highest BCUT2D eigenvalue weighted by Gasteiger charge is 2.03. The first-order valence-corrected chi connectivity index (χ1v) is 5.15. The summed E-state index contributed by atoms with van der Waals surface area (Å²) in [6, 6.07) is 3.31. The molecule has 2 rings (SSSR count). The fourth-order valence-corrected chi connectivity index (χ4v) is 1.74. The number of hydrogen-bond donors (Lipinski definition) is 2. The van der Waals surface area contributed by atoms with Gasteiger partial charge in [0.05, 0.1) is 16.1 Å². The summed E-state index contributed by atoms with van der Waals surface area (Å²) in [6.45, 7) is 0. The van der Waals surface area contributed by atoms with Crippen LogP contribution in [-0.2, 0) is 0 Å². The van der Waals surface area contributed by atoms with Crippen LogP contribution in [0.5, 0.6) is 0 Å². The molecule has 0 saturated heterocycles. The van der Waals surface area contributed by atoms with Crippen LogP contribution in [0, 0.1) is 3.57 Å². The van der Waals surface area contributed by atoms with Crippen LogP contribution >= 0.6 is 34.2 Å². The Labute approximate surface area is 96.4 Å². The molecule has 0 aliphatic carbocycles. The third-order valence-corrected chi connectivity index (χ3v) is 3.29. The van der Waals surface area contributed by atoms with Crippen molar-refractivity contribution in [3.8, 4) is 0 Å². The number of benzene rings is 1. The molecule has 1 aromatic heterocycles. The van der Waals surface area contributed by atoms with E-state index < -0.39 is 11.1 Å². The fourth-order valence-electron chi connectivity index (χ4n) is 1.11. The van der Waals surface area contributed by atoms with E-state index in [0.717, 1.165) is 3.57 Å². The van der Waals surface area contributed by atoms with Crippen LogP contribution in [0.3, 0.4) is 0 Å². The monoisotopic (exact) mass is 322 g/mol. The van der Waals surface area contributed by atoms with Crippen LogP contribution < -0.4 is 11.1 Å². The molecule has 6 heteroatoms. The highest BCUT2D eigenvalue weighted by Crippen LogP contribution is 2.21. The summed E-state index contributed by atoms with van der Waals surface area (Å²) in [5.74, 6) is 0. The maximum Gasteiger partial charge on any atom is 0.314 e. The number of hydrogen-bond acceptors (Lipinski definition) is 2. The van der Waals surface area contributed by atoms with Gasteiger partial charge in [-0.25, -0.2) is 0 Å². The summed E-state index contributed by atoms with van der Waals surface area (Å²) < 4.78 is 0.819. The maximum absolute atomic E-state index is 11.0. The summed E-state index contributed by atoms with van der Waals surface area (Å²) in [5.41, 5.74) is -0.228. The van der Waals surface area contributed by atoms with Gasteiger partial charge in [0.2, 0.25) is 0 Å². The van der Waals surface area contributed by atoms with E-state index in [1.165, 1.54) is 0 Å². The minimum absolute atomic E-state index is 0.528. The number of aromatic amines is 2. The summed E-state index contributed by atoms with van der Waals surface area (Å²) in [6.07, 6.45) is 0. The van der Waals surface area contributed by atoms with Gasteiger partial charge in [0, 0.05) is 3.57 Å². The lowest BCUT2D eigenvalue weighted by Crippen LogP contribution is -2.28. The van der Waals surface area contributed by atoms with E-state index in [-0.39, 0.29) is 0 Å². The predicted molar refractivity (Wildman–Crippen MR) is 62.9 cm³/mol. The zero-order valence-corrected chi connectivity index (χ0v) is 9.64. The molecule has 72 valence electrons. The molecule has 0 spiro atoms. The normalized spacial score (nSPS) is 10.7. The lowest BCUT2D eigenvalue weighted by Gasteiger charge is -1.99. The van der Waals surface area contributed by atoms with Crippen molar-refractivity contribution in [2.75, 3.05) is 0 Å². The minimum atomic E-state index is -0.672. The van der Waals surface area contributed by atoms with Crippen molar-refractivity contribution >= 4 is 45.2 Å². The molecule has 2 N–H and O–H groups in total. The first kappa shape index (κ1) is 9.72. The SMILES string of the molecule is O=c1[nH]c2cc(Cl)c(I)cc2[nH]c1=O. The van der Waals surface area contributed by atoms with E-state index in [9.17, 15) is 9.59 Å². The molecule has 2 aromatic rings. The molecule has 0 aliphatic heterocycles. The number of aromatic nitrogens is 2. The molecule has 0 atom stereocenters. The minimum Gasteiger partial charge on any atom is -0.316 e. The van der Waals surface area contributed by atoms with Gasteiger partial charge in [-0.05, 0) is 34.7 Å². The predicted octanol–water partition coefficient (Wildman–Crippen LogP) is 1.47. The molecule has 1 heterocycles. The van der Waals surface area contributed by atoms with E-state index in [1.54, 1.807) is 12.1 Å². The van der Waals surface area contributed by atoms with Gasteiger partial charge in [-0.2, -0.15) is 0 Å². The molecular formula is C8H4ClIN2O2. The molecule has 0 radical (unpaired) electrons. The van der Waals surface area contributed by atoms with Gasteiger partial charge < -0.3 is 9.97 Å². The van der Waals surface area contributed by atoms with Crippen LogP contribution in [-0.4, -0.2) is 9.97 Å². The first-order valence-electron chi connectivity index (χ1n) is 3.69. The Hall–Kier alpha value is -0.820. The molecule has 0 saturated carbocycles. The van der Waals surface area contributed by atoms with Gasteiger partial charge in [0.25, 0.3) is 0 Å². The van der Waals surface area contributed by atoms with E-state index >= 15 is 0 Å². The van der Waals surface area contributed by atoms with Crippen molar-refractivity contribution in [1.82, 2.24) is 9.97 Å². The third-order valence-electron chi connectivity index (χ3n) is 1.76. The zero-order valence-electron chi connectivity index (χ0n) is 6.73. The lowest BCUT2D eigenvalue weighted by atomic mass is 10.3. The molecule has 4 nitrogen and oxygen atoms in total. The number of H-pyrrole nitrogens is 2. The highest BCUT2D eigenvalue weighted by atomic mass is 127. The quantitative estimate of drug-likeness (QED) is 0.570. The Morgan fingerprint density at radius 3 is 2.14 bits per heavy atom. The molecule has 0 bridgehead atoms. The van der Waals surface area contributed by atoms with Gasteiger partial charge in [-0.3, -0.25) is 9.59 Å². The Bertz CT molecular complexity index is 562. The Morgan fingerprint density at radius 1 is 1.07 bits per heavy atom. The summed E-state index contributed by atoms with van der Waals surface area (Å²) in [4.78, 5) is 26.9. The van der Waals surface area contributed by atoms with Gasteiger partial charge >= 0.3 is 11.1 Å². The molecular weight excluding hydrogens is 318 g/mol. The van der Waals surface area contributed by atoms with Crippen molar-refractivity contribution in [3.63, 3.8) is 0 Å². The van der Waals surface area contributed by atoms with Gasteiger partial charge in [-0.1, -0.05) is 11.6 Å². The molecule has 14 heavy (non-hydrogen) atoms. The number of fused-ring (bicyclic) bond motifs is 1. The zero-order chi connectivity index (χ0) is 10.3. The molecule has 1 aromatic carbocycles. The second kappa shape index (κ2) is 3.39. The van der Waals surface area contributed by atoms with Crippen LogP contribution in [0.25, 0.3) is 11.0 Å². The summed E-state index contributed by atoms with van der Waals surface area (Å²) in [7, 11) is 0. The molecule has 0 unspecified atom stereocenters. The topological polar surface area (TPSA) is 65.7 Å². The molecule has 0 fully saturated rings. The van der Waals surface area contributed by atoms with E-state index in [0.29, 0.717) is 16.1 Å². The maximum atomic E-state index is 11.0. The van der Waals surface area contributed by atoms with Crippen molar-refractivity contribution in [3.05, 3.63) is 41.4 Å². The Morgan fingerprint density at radius 2 is 1.57 bits per heavy atom. The second-order valence-corrected chi connectivity index (χ2v) is 4.29. The van der Waals surface area contributed by atoms with E-state index in [1.807, 2.05) is 22.6 Å². The fraction of sp³-hybridized carbons (Fsp3) is 0. The van der Waals surface area contributed by atoms with Crippen molar-refractivity contribution in [2.24, 2.45) is 0 Å². The third kappa shape index (κ3) is 1.57. The van der Waals surface area contributed by atoms with Crippen LogP contribution in [0.4, 0.5) is 0 Å². The average molecular weight is 322 g/mol. The van der Waals surface area contributed by atoms with Crippen LogP contribution in [0.2, 0.25) is 5.02 Å². The van der Waals surface area contributed by atoms with E-state index in [4.69, 9.17) is 11.6 Å². The first-order chi connectivity index (χ1) is 6.58. The Balaban J connectivity index is 2.97. The standard InChI is InChI=1S/C8H4ClIN2O2/c9-3-1-5-6(2-4(3)10)12-8(14)7(13)11-5/h1-2H,(H,11,13)(H,12,14). The van der Waals surface area contributed by atoms with Crippen molar-refractivity contribution in [1.29, 1.82) is 0 Å². The van der Waals surface area contributed by atoms with Crippen LogP contribution in [0.15, 0.2) is 21.7 Å². The van der Waals surface area contributed by atoms with Gasteiger partial charge in [0.1, 0.15) is 0 Å². The lowest BCUT2D eigenvalue weighted by molar-refractivity contribution is 1.15. The van der Waals surface area contributed by atoms with Gasteiger partial charge in [0.15, 0.2) is 0 Å². The number of halogens is 2. The summed E-state index contributed by atoms with van der Waals surface area (Å²) >= 11 is 7.91. The largest absolute Gasteiger partial charge is 0.316 e. The van der Waals surface area contributed by atoms with Gasteiger partial charge in [-0.15, -0.1) is 0 Å². The highest BCUT2D eigenvalue weighted by molar-refractivity contribution is 14.1. The van der Waals surface area contributed by atoms with Crippen LogP contribution in [0.1, 0.15) is 0 Å². The molecule has 0 amide bonds. The average Bonchev–Trinajstić information content (AvgIpc) is 2.11. The molecule has 0 aliphatic rings. The van der Waals surface area contributed by atoms with Crippen molar-refractivity contribution in [2.45, 2.75) is 0 Å². The van der Waals surface area contributed by atoms with Crippen molar-refractivity contribution < 1.29 is 0 Å². The Kier molecular flexibility index (Phi) is 2.36. The second-order valence-electron chi connectivity index (χ2n) is 2.72. The smallest absolute Gasteiger partial charge is 0.314 e. The van der Waals surface area contributed by atoms with E-state index in [2.05, 4.69) is 9.97 Å². The number of rotatable bonds is 0. The summed E-state index contributed by atoms with van der Waals surface area (Å²) in [5, 5.41) is 0.542.